The Morgan fingerprint density at radius 1 is 1.14 bits per heavy atom. The van der Waals surface area contributed by atoms with E-state index in [4.69, 9.17) is 4.74 Å². The van der Waals surface area contributed by atoms with Crippen molar-refractivity contribution in [1.29, 1.82) is 0 Å². The second-order valence-corrected chi connectivity index (χ2v) is 7.64. The number of anilines is 1. The Labute approximate surface area is 162 Å². The van der Waals surface area contributed by atoms with Crippen molar-refractivity contribution in [1.82, 2.24) is 4.90 Å². The minimum Gasteiger partial charge on any atom is -0.487 e. The van der Waals surface area contributed by atoms with Gasteiger partial charge in [0, 0.05) is 42.0 Å². The highest BCUT2D eigenvalue weighted by Crippen LogP contribution is 2.42. The maximum Gasteiger partial charge on any atom is 0.260 e. The first-order chi connectivity index (χ1) is 13.6. The van der Waals surface area contributed by atoms with Crippen LogP contribution in [-0.4, -0.2) is 35.1 Å². The lowest BCUT2D eigenvalue weighted by Gasteiger charge is -2.29. The molecule has 1 amide bonds. The zero-order valence-electron chi connectivity index (χ0n) is 15.4. The summed E-state index contributed by atoms with van der Waals surface area (Å²) in [7, 11) is 0. The molecular weight excluding hydrogens is 359 g/mol. The molecular formula is C22H21FN2O3. The number of aliphatic hydroxyl groups excluding tert-OH is 1. The molecule has 0 radical (unpaired) electrons. The Hall–Kier alpha value is -2.70. The van der Waals surface area contributed by atoms with Crippen LogP contribution in [0.4, 0.5) is 10.1 Å². The lowest BCUT2D eigenvalue weighted by Crippen LogP contribution is -2.35. The molecule has 0 unspecified atom stereocenters. The van der Waals surface area contributed by atoms with Gasteiger partial charge in [-0.3, -0.25) is 9.69 Å². The molecule has 3 heterocycles. The third kappa shape index (κ3) is 2.99. The number of hydrogen-bond acceptors (Lipinski definition) is 4. The van der Waals surface area contributed by atoms with Gasteiger partial charge >= 0.3 is 0 Å². The first kappa shape index (κ1) is 17.4. The van der Waals surface area contributed by atoms with E-state index >= 15 is 0 Å². The molecule has 5 nitrogen and oxygen atoms in total. The summed E-state index contributed by atoms with van der Waals surface area (Å²) in [6.45, 7) is 3.03. The van der Waals surface area contributed by atoms with Crippen LogP contribution in [0.2, 0.25) is 0 Å². The zero-order valence-corrected chi connectivity index (χ0v) is 15.4. The van der Waals surface area contributed by atoms with E-state index < -0.39 is 0 Å². The Balaban J connectivity index is 1.45. The van der Waals surface area contributed by atoms with Crippen LogP contribution < -0.4 is 5.32 Å². The molecule has 6 heteroatoms. The zero-order chi connectivity index (χ0) is 19.3. The van der Waals surface area contributed by atoms with Crippen molar-refractivity contribution in [3.8, 4) is 0 Å². The fourth-order valence-corrected chi connectivity index (χ4v) is 4.22. The molecule has 3 aliphatic heterocycles. The summed E-state index contributed by atoms with van der Waals surface area (Å²) < 4.78 is 19.6. The predicted octanol–water partition coefficient (Wildman–Crippen LogP) is 3.13. The number of carbonyl (C=O) groups excluding carboxylic acids is 1. The lowest BCUT2D eigenvalue weighted by molar-refractivity contribution is -0.110. The normalized spacial score (nSPS) is 22.0. The Kier molecular flexibility index (Phi) is 4.18. The number of nitrogens with one attached hydrogen (secondary N) is 1. The molecule has 0 aromatic heterocycles. The van der Waals surface area contributed by atoms with E-state index in [1.54, 1.807) is 6.07 Å². The van der Waals surface area contributed by atoms with Crippen LogP contribution in [0.5, 0.6) is 0 Å². The van der Waals surface area contributed by atoms with E-state index in [1.807, 2.05) is 6.07 Å². The summed E-state index contributed by atoms with van der Waals surface area (Å²) >= 11 is 0. The van der Waals surface area contributed by atoms with Gasteiger partial charge in [0.2, 0.25) is 0 Å². The second kappa shape index (κ2) is 6.72. The molecule has 2 aromatic carbocycles. The summed E-state index contributed by atoms with van der Waals surface area (Å²) in [4.78, 5) is 14.8. The number of carbonyl (C=O) groups is 1. The molecule has 3 aliphatic rings. The van der Waals surface area contributed by atoms with Crippen LogP contribution in [0, 0.1) is 5.82 Å². The predicted molar refractivity (Wildman–Crippen MR) is 104 cm³/mol. The Morgan fingerprint density at radius 3 is 2.79 bits per heavy atom. The van der Waals surface area contributed by atoms with Gasteiger partial charge in [-0.05, 0) is 36.6 Å². The van der Waals surface area contributed by atoms with Gasteiger partial charge in [0.15, 0.2) is 0 Å². The molecule has 1 saturated heterocycles. The SMILES string of the molecule is O=C1Nc2ccc(F)cc2/C1=C1\OCc2cc(CN3CCC(O)CC3)ccc21. The van der Waals surface area contributed by atoms with E-state index in [0.29, 0.717) is 29.2 Å². The van der Waals surface area contributed by atoms with Crippen molar-refractivity contribution < 1.29 is 19.0 Å². The van der Waals surface area contributed by atoms with Crippen LogP contribution in [0.15, 0.2) is 36.4 Å². The van der Waals surface area contributed by atoms with E-state index in [1.165, 1.54) is 17.7 Å². The van der Waals surface area contributed by atoms with Crippen LogP contribution in [0.3, 0.4) is 0 Å². The van der Waals surface area contributed by atoms with E-state index in [2.05, 4.69) is 22.3 Å². The van der Waals surface area contributed by atoms with E-state index in [-0.39, 0.29) is 17.8 Å². The van der Waals surface area contributed by atoms with E-state index in [9.17, 15) is 14.3 Å². The third-order valence-electron chi connectivity index (χ3n) is 5.70. The number of hydrogen-bond donors (Lipinski definition) is 2. The minimum absolute atomic E-state index is 0.177. The maximum atomic E-state index is 13.7. The van der Waals surface area contributed by atoms with Gasteiger partial charge in [-0.2, -0.15) is 0 Å². The Morgan fingerprint density at radius 2 is 1.96 bits per heavy atom. The number of benzene rings is 2. The second-order valence-electron chi connectivity index (χ2n) is 7.64. The first-order valence-electron chi connectivity index (χ1n) is 9.59. The van der Waals surface area contributed by atoms with Crippen LogP contribution in [0.25, 0.3) is 11.3 Å². The van der Waals surface area contributed by atoms with Gasteiger partial charge in [-0.25, -0.2) is 4.39 Å². The van der Waals surface area contributed by atoms with E-state index in [0.717, 1.165) is 43.6 Å². The molecule has 2 aromatic rings. The number of piperidine rings is 1. The topological polar surface area (TPSA) is 61.8 Å². The summed E-state index contributed by atoms with van der Waals surface area (Å²) in [5, 5.41) is 12.4. The van der Waals surface area contributed by atoms with Gasteiger partial charge in [0.05, 0.1) is 11.7 Å². The van der Waals surface area contributed by atoms with Gasteiger partial charge < -0.3 is 15.2 Å². The fraction of sp³-hybridized carbons (Fsp3) is 0.318. The minimum atomic E-state index is -0.381. The molecule has 0 saturated carbocycles. The largest absolute Gasteiger partial charge is 0.487 e. The number of ether oxygens (including phenoxy) is 1. The van der Waals surface area contributed by atoms with Crippen LogP contribution in [-0.2, 0) is 22.7 Å². The van der Waals surface area contributed by atoms with Crippen molar-refractivity contribution >= 4 is 22.9 Å². The molecule has 5 rings (SSSR count). The summed E-state index contributed by atoms with van der Waals surface area (Å²) in [6.07, 6.45) is 1.45. The van der Waals surface area contributed by atoms with Crippen molar-refractivity contribution in [2.45, 2.75) is 32.1 Å². The molecule has 0 aliphatic carbocycles. The first-order valence-corrected chi connectivity index (χ1v) is 9.59. The number of rotatable bonds is 2. The smallest absolute Gasteiger partial charge is 0.260 e. The van der Waals surface area contributed by atoms with Crippen LogP contribution >= 0.6 is 0 Å². The number of fused-ring (bicyclic) bond motifs is 2. The van der Waals surface area contributed by atoms with Gasteiger partial charge in [-0.15, -0.1) is 0 Å². The van der Waals surface area contributed by atoms with Crippen molar-refractivity contribution in [3.05, 3.63) is 64.5 Å². The quantitative estimate of drug-likeness (QED) is 0.786. The highest BCUT2D eigenvalue weighted by molar-refractivity contribution is 6.36. The van der Waals surface area contributed by atoms with Crippen molar-refractivity contribution in [2.24, 2.45) is 0 Å². The number of nitrogens with zero attached hydrogens (tertiary/aromatic N) is 1. The van der Waals surface area contributed by atoms with Gasteiger partial charge in [-0.1, -0.05) is 18.2 Å². The summed E-state index contributed by atoms with van der Waals surface area (Å²) in [5.41, 5.74) is 4.66. The molecule has 0 bridgehead atoms. The van der Waals surface area contributed by atoms with Crippen molar-refractivity contribution in [3.63, 3.8) is 0 Å². The summed E-state index contributed by atoms with van der Waals surface area (Å²) in [6, 6.07) is 10.4. The summed E-state index contributed by atoms with van der Waals surface area (Å²) in [5.74, 6) is -0.127. The number of likely N-dealkylation sites (tertiary alicyclic amines) is 1. The highest BCUT2D eigenvalue weighted by atomic mass is 19.1. The maximum absolute atomic E-state index is 13.7. The van der Waals surface area contributed by atoms with Crippen LogP contribution in [0.1, 0.15) is 35.1 Å². The fourth-order valence-electron chi connectivity index (χ4n) is 4.22. The molecule has 0 atom stereocenters. The third-order valence-corrected chi connectivity index (χ3v) is 5.70. The molecule has 28 heavy (non-hydrogen) atoms. The number of halogens is 1. The molecule has 0 spiro atoms. The average molecular weight is 380 g/mol. The monoisotopic (exact) mass is 380 g/mol. The average Bonchev–Trinajstić information content (AvgIpc) is 3.22. The number of aliphatic hydroxyl groups is 1. The molecule has 144 valence electrons. The van der Waals surface area contributed by atoms with Gasteiger partial charge in [0.25, 0.3) is 5.91 Å². The lowest BCUT2D eigenvalue weighted by atomic mass is 9.98. The standard InChI is InChI=1S/C22H21FN2O3/c23-15-2-4-19-18(10-15)20(22(27)24-19)21-17-3-1-13(9-14(17)12-28-21)11-25-7-5-16(26)6-8-25/h1-4,9-10,16,26H,5-8,11-12H2,(H,24,27)/b21-20+. The number of amides is 1. The highest BCUT2D eigenvalue weighted by Gasteiger charge is 2.33. The Bertz CT molecular complexity index is 993. The van der Waals surface area contributed by atoms with Gasteiger partial charge in [0.1, 0.15) is 18.2 Å². The molecule has 2 N–H and O–H groups in total. The molecule has 1 fully saturated rings. The van der Waals surface area contributed by atoms with Crippen molar-refractivity contribution in [2.75, 3.05) is 18.4 Å².